The Morgan fingerprint density at radius 1 is 1.40 bits per heavy atom. The molecule has 0 aliphatic heterocycles. The highest BCUT2D eigenvalue weighted by Crippen LogP contribution is 1.89. The number of hydrogen-bond acceptors (Lipinski definition) is 2. The third-order valence-corrected chi connectivity index (χ3v) is 0.545. The summed E-state index contributed by atoms with van der Waals surface area (Å²) in [5.41, 5.74) is 0. The molecule has 0 radical (unpaired) electrons. The lowest BCUT2D eigenvalue weighted by Crippen LogP contribution is -1.65. The molecule has 0 bridgehead atoms. The fourth-order valence-corrected chi connectivity index (χ4v) is 0.158. The minimum atomic E-state index is -0.220. The van der Waals surface area contributed by atoms with Crippen LogP contribution in [0.2, 0.25) is 0 Å². The first kappa shape index (κ1) is 22.6. The van der Waals surface area contributed by atoms with Crippen molar-refractivity contribution in [3.8, 4) is 0 Å². The molecule has 0 rings (SSSR count). The number of hydrogen-bond donors (Lipinski definition) is 0. The summed E-state index contributed by atoms with van der Waals surface area (Å²) in [7, 11) is 2.36. The standard InChI is InChI=1S/C2H5O2P.C2H7P.2Al.6H/c1-2-4-5-3;1-2-3;;;;;;;;/h2H2,1H3;2-3H2,1H3;;;;;;;;. The summed E-state index contributed by atoms with van der Waals surface area (Å²) in [4.78, 5) is 0. The second-order valence-electron chi connectivity index (χ2n) is 0.901. The van der Waals surface area contributed by atoms with E-state index in [1.165, 1.54) is 6.16 Å². The second kappa shape index (κ2) is 31.2. The highest BCUT2D eigenvalue weighted by Gasteiger charge is 1.65. The smallest absolute Gasteiger partial charge is 0.295 e. The molecule has 0 aliphatic carbocycles. The van der Waals surface area contributed by atoms with Crippen molar-refractivity contribution in [1.29, 1.82) is 0 Å². The molecule has 0 saturated carbocycles. The van der Waals surface area contributed by atoms with Gasteiger partial charge in [0, 0.05) is 0 Å². The summed E-state index contributed by atoms with van der Waals surface area (Å²) < 4.78 is 13.5. The van der Waals surface area contributed by atoms with E-state index in [4.69, 9.17) is 0 Å². The highest BCUT2D eigenvalue weighted by molar-refractivity contribution is 7.17. The molecule has 0 aromatic heterocycles. The van der Waals surface area contributed by atoms with Crippen molar-refractivity contribution in [3.05, 3.63) is 0 Å². The van der Waals surface area contributed by atoms with Gasteiger partial charge in [0.2, 0.25) is 0 Å². The van der Waals surface area contributed by atoms with Gasteiger partial charge in [0.1, 0.15) is 0 Å². The second-order valence-corrected chi connectivity index (χ2v) is 2.12. The first-order valence-electron chi connectivity index (χ1n) is 2.48. The molecular weight excluding hydrogens is 196 g/mol. The van der Waals surface area contributed by atoms with Crippen molar-refractivity contribution in [2.24, 2.45) is 0 Å². The monoisotopic (exact) mass is 214 g/mol. The molecule has 0 aromatic rings. The molecule has 62 valence electrons. The van der Waals surface area contributed by atoms with Crippen LogP contribution in [0, 0.1) is 0 Å². The zero-order valence-electron chi connectivity index (χ0n) is 5.26. The molecule has 6 heteroatoms. The molecule has 1 atom stereocenters. The summed E-state index contributed by atoms with van der Waals surface area (Å²) in [6, 6.07) is 0. The van der Waals surface area contributed by atoms with Crippen molar-refractivity contribution in [1.82, 2.24) is 0 Å². The average Bonchev–Trinajstić information content (AvgIpc) is 1.71. The first-order valence-corrected chi connectivity index (χ1v) is 4.02. The van der Waals surface area contributed by atoms with Gasteiger partial charge >= 0.3 is 8.69 Å². The van der Waals surface area contributed by atoms with Crippen LogP contribution in [-0.2, 0) is 9.09 Å². The van der Waals surface area contributed by atoms with E-state index in [1.807, 2.05) is 0 Å². The van der Waals surface area contributed by atoms with Crippen molar-refractivity contribution in [3.63, 3.8) is 0 Å². The Kier molecular flexibility index (Phi) is 70.4. The van der Waals surface area contributed by atoms with E-state index < -0.39 is 0 Å². The fraction of sp³-hybridized carbons (Fsp3) is 1.00. The predicted molar refractivity (Wildman–Crippen MR) is 59.4 cm³/mol. The van der Waals surface area contributed by atoms with Crippen LogP contribution in [0.4, 0.5) is 0 Å². The summed E-state index contributed by atoms with van der Waals surface area (Å²) in [5.74, 6) is 0. The molecule has 0 aliphatic rings. The SMILES string of the molecule is CCOP=O.CCP.[AlH3].[AlH3]. The summed E-state index contributed by atoms with van der Waals surface area (Å²) in [5, 5.41) is 0. The van der Waals surface area contributed by atoms with Crippen LogP contribution in [0.15, 0.2) is 0 Å². The van der Waals surface area contributed by atoms with Gasteiger partial charge in [-0.15, -0.1) is 9.24 Å². The van der Waals surface area contributed by atoms with Crippen LogP contribution in [0.25, 0.3) is 0 Å². The van der Waals surface area contributed by atoms with E-state index in [1.54, 1.807) is 6.92 Å². The van der Waals surface area contributed by atoms with E-state index in [-0.39, 0.29) is 43.4 Å². The Morgan fingerprint density at radius 2 is 1.70 bits per heavy atom. The maximum absolute atomic E-state index is 9.28. The predicted octanol–water partition coefficient (Wildman–Crippen LogP) is -0.257. The highest BCUT2D eigenvalue weighted by atomic mass is 31.1. The molecule has 0 N–H and O–H groups in total. The topological polar surface area (TPSA) is 26.3 Å². The summed E-state index contributed by atoms with van der Waals surface area (Å²) >= 11 is 0. The van der Waals surface area contributed by atoms with Crippen molar-refractivity contribution in [2.45, 2.75) is 13.8 Å². The molecule has 0 saturated heterocycles. The van der Waals surface area contributed by atoms with E-state index in [2.05, 4.69) is 20.7 Å². The van der Waals surface area contributed by atoms with Gasteiger partial charge in [0.25, 0.3) is 0 Å². The van der Waals surface area contributed by atoms with Gasteiger partial charge in [0.05, 0.1) is 6.61 Å². The molecule has 10 heavy (non-hydrogen) atoms. The Balaban J connectivity index is -0.0000000326. The van der Waals surface area contributed by atoms with Crippen LogP contribution in [0.1, 0.15) is 13.8 Å². The lowest BCUT2D eigenvalue weighted by atomic mass is 10.9. The lowest BCUT2D eigenvalue weighted by molar-refractivity contribution is 0.365. The largest absolute Gasteiger partial charge is 0.327 e. The van der Waals surface area contributed by atoms with E-state index in [0.717, 1.165) is 0 Å². The minimum absolute atomic E-state index is 0. The first-order chi connectivity index (χ1) is 3.83. The Hall–Kier alpha value is 1.55. The fourth-order valence-electron chi connectivity index (χ4n) is 0.0527. The number of rotatable bonds is 2. The van der Waals surface area contributed by atoms with Gasteiger partial charge in [-0.25, -0.2) is 4.57 Å². The van der Waals surface area contributed by atoms with Gasteiger partial charge in [-0.1, -0.05) is 6.92 Å². The Bertz CT molecular complexity index is 48.2. The maximum Gasteiger partial charge on any atom is 0.327 e. The Labute approximate surface area is 88.2 Å². The molecule has 0 spiro atoms. The summed E-state index contributed by atoms with van der Waals surface area (Å²) in [6.07, 6.45) is 1.17. The molecule has 0 fully saturated rings. The molecule has 0 heterocycles. The quantitative estimate of drug-likeness (QED) is 0.467. The van der Waals surface area contributed by atoms with Crippen LogP contribution in [-0.4, -0.2) is 47.5 Å². The van der Waals surface area contributed by atoms with Gasteiger partial charge in [0.15, 0.2) is 34.7 Å². The third kappa shape index (κ3) is 55.3. The van der Waals surface area contributed by atoms with Gasteiger partial charge < -0.3 is 0 Å². The molecule has 0 aromatic carbocycles. The third-order valence-electron chi connectivity index (χ3n) is 0.182. The average molecular weight is 214 g/mol. The van der Waals surface area contributed by atoms with Crippen LogP contribution < -0.4 is 0 Å². The van der Waals surface area contributed by atoms with Gasteiger partial charge in [-0.2, -0.15) is 0 Å². The normalized spacial score (nSPS) is 6.30. The van der Waals surface area contributed by atoms with Gasteiger partial charge in [-0.3, -0.25) is 4.52 Å². The van der Waals surface area contributed by atoms with Gasteiger partial charge in [-0.05, 0) is 13.1 Å². The van der Waals surface area contributed by atoms with Crippen molar-refractivity contribution < 1.29 is 9.09 Å². The van der Waals surface area contributed by atoms with Crippen LogP contribution in [0.5, 0.6) is 0 Å². The van der Waals surface area contributed by atoms with E-state index >= 15 is 0 Å². The maximum atomic E-state index is 9.28. The van der Waals surface area contributed by atoms with Crippen LogP contribution in [0.3, 0.4) is 0 Å². The Morgan fingerprint density at radius 3 is 1.70 bits per heavy atom. The zero-order valence-corrected chi connectivity index (χ0v) is 7.30. The molecule has 0 amide bonds. The molecular formula is C4H18Al2O2P2. The van der Waals surface area contributed by atoms with Crippen molar-refractivity contribution >= 4 is 52.6 Å². The van der Waals surface area contributed by atoms with E-state index in [0.29, 0.717) is 6.61 Å². The van der Waals surface area contributed by atoms with E-state index in [9.17, 15) is 4.57 Å². The molecule has 1 unspecified atom stereocenters. The zero-order chi connectivity index (χ0) is 6.83. The van der Waals surface area contributed by atoms with Crippen molar-refractivity contribution in [2.75, 3.05) is 12.8 Å². The van der Waals surface area contributed by atoms with Crippen LogP contribution >= 0.6 is 17.9 Å². The summed E-state index contributed by atoms with van der Waals surface area (Å²) in [6.45, 7) is 4.39. The minimum Gasteiger partial charge on any atom is -0.295 e. The molecule has 2 nitrogen and oxygen atoms in total. The lowest BCUT2D eigenvalue weighted by Gasteiger charge is -1.72.